The van der Waals surface area contributed by atoms with Crippen molar-refractivity contribution in [3.8, 4) is 5.75 Å². The van der Waals surface area contributed by atoms with Crippen LogP contribution in [0.1, 0.15) is 29.7 Å². The Morgan fingerprint density at radius 1 is 1.15 bits per heavy atom. The zero-order valence-corrected chi connectivity index (χ0v) is 11.5. The number of ether oxygens (including phenoxy) is 1. The minimum absolute atomic E-state index is 0.0632. The molecule has 2 N–H and O–H groups in total. The van der Waals surface area contributed by atoms with Gasteiger partial charge >= 0.3 is 0 Å². The molecule has 106 valence electrons. The van der Waals surface area contributed by atoms with Crippen LogP contribution in [0.5, 0.6) is 5.75 Å². The van der Waals surface area contributed by atoms with Gasteiger partial charge in [-0.15, -0.1) is 0 Å². The van der Waals surface area contributed by atoms with Crippen LogP contribution in [0.3, 0.4) is 0 Å². The van der Waals surface area contributed by atoms with E-state index in [1.807, 2.05) is 26.0 Å². The summed E-state index contributed by atoms with van der Waals surface area (Å²) in [5.41, 5.74) is 7.61. The highest BCUT2D eigenvalue weighted by Gasteiger charge is 2.10. The smallest absolute Gasteiger partial charge is 0.132 e. The summed E-state index contributed by atoms with van der Waals surface area (Å²) in [5, 5.41) is 0. The van der Waals surface area contributed by atoms with Crippen LogP contribution < -0.4 is 10.5 Å². The third-order valence-corrected chi connectivity index (χ3v) is 3.16. The molecule has 0 aliphatic carbocycles. The van der Waals surface area contributed by atoms with Gasteiger partial charge in [0.1, 0.15) is 24.0 Å². The second-order valence-electron chi connectivity index (χ2n) is 4.80. The first kappa shape index (κ1) is 14.5. The van der Waals surface area contributed by atoms with E-state index >= 15 is 0 Å². The molecule has 20 heavy (non-hydrogen) atoms. The van der Waals surface area contributed by atoms with Crippen LogP contribution in [0.15, 0.2) is 36.4 Å². The number of rotatable bonds is 4. The van der Waals surface area contributed by atoms with E-state index in [9.17, 15) is 8.78 Å². The molecule has 2 rings (SSSR count). The molecular formula is C16H17F2NO. The molecule has 1 atom stereocenters. The van der Waals surface area contributed by atoms with Crippen molar-refractivity contribution in [1.29, 1.82) is 0 Å². The van der Waals surface area contributed by atoms with Crippen molar-refractivity contribution in [1.82, 2.24) is 0 Å². The number of hydrogen-bond acceptors (Lipinski definition) is 2. The van der Waals surface area contributed by atoms with Crippen molar-refractivity contribution in [3.05, 3.63) is 64.7 Å². The van der Waals surface area contributed by atoms with E-state index in [4.69, 9.17) is 10.5 Å². The molecule has 0 aliphatic heterocycles. The van der Waals surface area contributed by atoms with E-state index in [2.05, 4.69) is 0 Å². The lowest BCUT2D eigenvalue weighted by Gasteiger charge is -2.13. The van der Waals surface area contributed by atoms with Gasteiger partial charge in [0.25, 0.3) is 0 Å². The fourth-order valence-corrected chi connectivity index (χ4v) is 1.94. The average Bonchev–Trinajstić information content (AvgIpc) is 2.39. The molecule has 0 saturated carbocycles. The van der Waals surface area contributed by atoms with Crippen LogP contribution in [-0.4, -0.2) is 0 Å². The van der Waals surface area contributed by atoms with Gasteiger partial charge in [-0.3, -0.25) is 0 Å². The maximum Gasteiger partial charge on any atom is 0.132 e. The molecule has 2 aromatic carbocycles. The molecule has 0 aliphatic rings. The summed E-state index contributed by atoms with van der Waals surface area (Å²) in [6.07, 6.45) is 0. The van der Waals surface area contributed by atoms with Crippen molar-refractivity contribution >= 4 is 0 Å². The lowest BCUT2D eigenvalue weighted by Crippen LogP contribution is -2.06. The van der Waals surface area contributed by atoms with Crippen LogP contribution in [0.2, 0.25) is 0 Å². The van der Waals surface area contributed by atoms with Gasteiger partial charge in [-0.2, -0.15) is 0 Å². The standard InChI is InChI=1S/C16H17F2NO/c1-10-8-12(11(2)19)6-7-16(10)20-9-13-14(17)4-3-5-15(13)18/h3-8,11H,9,19H2,1-2H3/t11-/m1/s1. The topological polar surface area (TPSA) is 35.2 Å². The first-order valence-corrected chi connectivity index (χ1v) is 6.41. The number of benzene rings is 2. The van der Waals surface area contributed by atoms with E-state index in [1.54, 1.807) is 6.07 Å². The van der Waals surface area contributed by atoms with Crippen molar-refractivity contribution < 1.29 is 13.5 Å². The molecule has 0 amide bonds. The van der Waals surface area contributed by atoms with Gasteiger partial charge in [-0.05, 0) is 43.2 Å². The van der Waals surface area contributed by atoms with Gasteiger partial charge in [-0.1, -0.05) is 18.2 Å². The molecule has 0 radical (unpaired) electrons. The van der Waals surface area contributed by atoms with Crippen molar-refractivity contribution in [2.24, 2.45) is 5.73 Å². The van der Waals surface area contributed by atoms with E-state index in [1.165, 1.54) is 18.2 Å². The zero-order valence-electron chi connectivity index (χ0n) is 11.5. The van der Waals surface area contributed by atoms with Crippen molar-refractivity contribution in [3.63, 3.8) is 0 Å². The Bertz CT molecular complexity index is 591. The number of nitrogens with two attached hydrogens (primary N) is 1. The number of halogens is 2. The Labute approximate surface area is 117 Å². The molecular weight excluding hydrogens is 260 g/mol. The number of aryl methyl sites for hydroxylation is 1. The minimum Gasteiger partial charge on any atom is -0.488 e. The highest BCUT2D eigenvalue weighted by molar-refractivity contribution is 5.37. The molecule has 0 bridgehead atoms. The van der Waals surface area contributed by atoms with Crippen LogP contribution >= 0.6 is 0 Å². The molecule has 0 spiro atoms. The van der Waals surface area contributed by atoms with E-state index in [-0.39, 0.29) is 18.2 Å². The third kappa shape index (κ3) is 3.14. The molecule has 0 aromatic heterocycles. The Hall–Kier alpha value is -1.94. The largest absolute Gasteiger partial charge is 0.488 e. The first-order chi connectivity index (χ1) is 9.49. The van der Waals surface area contributed by atoms with E-state index in [0.29, 0.717) is 5.75 Å². The normalized spacial score (nSPS) is 12.2. The fourth-order valence-electron chi connectivity index (χ4n) is 1.94. The maximum atomic E-state index is 13.5. The summed E-state index contributed by atoms with van der Waals surface area (Å²) in [6, 6.07) is 9.24. The Morgan fingerprint density at radius 2 is 1.80 bits per heavy atom. The Morgan fingerprint density at radius 3 is 2.35 bits per heavy atom. The van der Waals surface area contributed by atoms with Crippen molar-refractivity contribution in [2.75, 3.05) is 0 Å². The van der Waals surface area contributed by atoms with Gasteiger partial charge in [0.05, 0.1) is 5.56 Å². The van der Waals surface area contributed by atoms with E-state index in [0.717, 1.165) is 11.1 Å². The summed E-state index contributed by atoms with van der Waals surface area (Å²) in [5.74, 6) is -0.609. The minimum atomic E-state index is -0.602. The predicted octanol–water partition coefficient (Wildman–Crippen LogP) is 3.87. The molecule has 2 nitrogen and oxygen atoms in total. The van der Waals surface area contributed by atoms with Gasteiger partial charge in [0, 0.05) is 6.04 Å². The van der Waals surface area contributed by atoms with Crippen LogP contribution in [0, 0.1) is 18.6 Å². The summed E-state index contributed by atoms with van der Waals surface area (Å²) in [7, 11) is 0. The molecule has 0 saturated heterocycles. The highest BCUT2D eigenvalue weighted by atomic mass is 19.1. The lowest BCUT2D eigenvalue weighted by atomic mass is 10.1. The molecule has 0 fully saturated rings. The SMILES string of the molecule is Cc1cc([C@@H](C)N)ccc1OCc1c(F)cccc1F. The van der Waals surface area contributed by atoms with Gasteiger partial charge in [-0.25, -0.2) is 8.78 Å². The zero-order chi connectivity index (χ0) is 14.7. The quantitative estimate of drug-likeness (QED) is 0.920. The second kappa shape index (κ2) is 6.01. The van der Waals surface area contributed by atoms with Crippen LogP contribution in [-0.2, 0) is 6.61 Å². The molecule has 0 heterocycles. The summed E-state index contributed by atoms with van der Waals surface area (Å²) in [4.78, 5) is 0. The number of hydrogen-bond donors (Lipinski definition) is 1. The summed E-state index contributed by atoms with van der Waals surface area (Å²) in [6.45, 7) is 3.62. The maximum absolute atomic E-state index is 13.5. The second-order valence-corrected chi connectivity index (χ2v) is 4.80. The Kier molecular flexibility index (Phi) is 4.35. The van der Waals surface area contributed by atoms with Crippen molar-refractivity contribution in [2.45, 2.75) is 26.5 Å². The van der Waals surface area contributed by atoms with Gasteiger partial charge in [0.2, 0.25) is 0 Å². The molecule has 4 heteroatoms. The fraction of sp³-hybridized carbons (Fsp3) is 0.250. The Balaban J connectivity index is 2.15. The van der Waals surface area contributed by atoms with Crippen LogP contribution in [0.25, 0.3) is 0 Å². The van der Waals surface area contributed by atoms with Gasteiger partial charge < -0.3 is 10.5 Å². The highest BCUT2D eigenvalue weighted by Crippen LogP contribution is 2.23. The molecule has 2 aromatic rings. The average molecular weight is 277 g/mol. The third-order valence-electron chi connectivity index (χ3n) is 3.16. The van der Waals surface area contributed by atoms with E-state index < -0.39 is 11.6 Å². The summed E-state index contributed by atoms with van der Waals surface area (Å²) >= 11 is 0. The summed E-state index contributed by atoms with van der Waals surface area (Å²) < 4.78 is 32.5. The lowest BCUT2D eigenvalue weighted by molar-refractivity contribution is 0.290. The monoisotopic (exact) mass is 277 g/mol. The predicted molar refractivity (Wildman–Crippen MR) is 74.5 cm³/mol. The van der Waals surface area contributed by atoms with Crippen LogP contribution in [0.4, 0.5) is 8.78 Å². The van der Waals surface area contributed by atoms with Gasteiger partial charge in [0.15, 0.2) is 0 Å². The molecule has 0 unspecified atom stereocenters. The first-order valence-electron chi connectivity index (χ1n) is 6.41.